The molecular weight excluding hydrogens is 262 g/mol. The van der Waals surface area contributed by atoms with Gasteiger partial charge in [-0.05, 0) is 12.1 Å². The van der Waals surface area contributed by atoms with Gasteiger partial charge in [0, 0.05) is 14.2 Å². The highest BCUT2D eigenvalue weighted by Crippen LogP contribution is 2.20. The largest absolute Gasteiger partial charge is 0.465 e. The molecule has 0 unspecified atom stereocenters. The third kappa shape index (κ3) is 4.32. The van der Waals surface area contributed by atoms with Crippen LogP contribution in [-0.2, 0) is 19.0 Å². The topological polar surface area (TPSA) is 65.1 Å². The number of amides is 1. The van der Waals surface area contributed by atoms with Gasteiger partial charge in [0.1, 0.15) is 6.61 Å². The molecule has 0 fully saturated rings. The molecular formula is C14H19NO5. The number of methoxy groups -OCH3 is 2. The fraction of sp³-hybridized carbons (Fsp3) is 0.429. The molecule has 0 N–H and O–H groups in total. The first-order valence-corrected chi connectivity index (χ1v) is 6.12. The average molecular weight is 281 g/mol. The Morgan fingerprint density at radius 2 is 1.85 bits per heavy atom. The van der Waals surface area contributed by atoms with E-state index < -0.39 is 5.97 Å². The Morgan fingerprint density at radius 1 is 1.15 bits per heavy atom. The van der Waals surface area contributed by atoms with E-state index in [0.717, 1.165) is 0 Å². The maximum atomic E-state index is 12.0. The number of rotatable bonds is 7. The second-order valence-electron chi connectivity index (χ2n) is 4.01. The van der Waals surface area contributed by atoms with E-state index in [1.54, 1.807) is 38.4 Å². The first-order valence-electron chi connectivity index (χ1n) is 6.12. The highest BCUT2D eigenvalue weighted by molar-refractivity contribution is 6.02. The lowest BCUT2D eigenvalue weighted by Crippen LogP contribution is -2.31. The zero-order chi connectivity index (χ0) is 15.0. The van der Waals surface area contributed by atoms with Gasteiger partial charge in [-0.1, -0.05) is 12.1 Å². The summed E-state index contributed by atoms with van der Waals surface area (Å²) in [5.74, 6) is -0.738. The fourth-order valence-electron chi connectivity index (χ4n) is 1.58. The van der Waals surface area contributed by atoms with Gasteiger partial charge in [-0.15, -0.1) is 0 Å². The van der Waals surface area contributed by atoms with Crippen LogP contribution in [0.5, 0.6) is 0 Å². The van der Waals surface area contributed by atoms with Crippen LogP contribution in [-0.4, -0.2) is 53.0 Å². The lowest BCUT2D eigenvalue weighted by atomic mass is 10.1. The minimum absolute atomic E-state index is 0.0740. The third-order valence-electron chi connectivity index (χ3n) is 2.70. The van der Waals surface area contributed by atoms with Crippen LogP contribution in [0.3, 0.4) is 0 Å². The number of nitrogens with zero attached hydrogens (tertiary/aromatic N) is 1. The van der Waals surface area contributed by atoms with E-state index in [0.29, 0.717) is 24.5 Å². The smallest absolute Gasteiger partial charge is 0.339 e. The molecule has 0 aliphatic rings. The van der Waals surface area contributed by atoms with E-state index in [4.69, 9.17) is 14.2 Å². The van der Waals surface area contributed by atoms with Crippen molar-refractivity contribution in [2.45, 2.75) is 0 Å². The van der Waals surface area contributed by atoms with Crippen LogP contribution in [0.25, 0.3) is 0 Å². The number of esters is 1. The van der Waals surface area contributed by atoms with Gasteiger partial charge in [0.2, 0.25) is 0 Å². The molecule has 0 aliphatic heterocycles. The lowest BCUT2D eigenvalue weighted by molar-refractivity contribution is -0.123. The van der Waals surface area contributed by atoms with Crippen LogP contribution >= 0.6 is 0 Å². The van der Waals surface area contributed by atoms with Crippen LogP contribution in [0.2, 0.25) is 0 Å². The summed E-state index contributed by atoms with van der Waals surface area (Å²) in [4.78, 5) is 25.0. The van der Waals surface area contributed by atoms with Crippen LogP contribution in [0.1, 0.15) is 10.4 Å². The number of likely N-dealkylation sites (N-methyl/N-ethyl adjacent to an activating group) is 1. The van der Waals surface area contributed by atoms with Gasteiger partial charge >= 0.3 is 5.97 Å². The van der Waals surface area contributed by atoms with Crippen molar-refractivity contribution < 1.29 is 23.8 Å². The maximum absolute atomic E-state index is 12.0. The fourth-order valence-corrected chi connectivity index (χ4v) is 1.58. The van der Waals surface area contributed by atoms with Crippen molar-refractivity contribution in [2.24, 2.45) is 0 Å². The number of benzene rings is 1. The second kappa shape index (κ2) is 8.29. The molecule has 0 heterocycles. The lowest BCUT2D eigenvalue weighted by Gasteiger charge is -2.19. The zero-order valence-electron chi connectivity index (χ0n) is 11.9. The van der Waals surface area contributed by atoms with Crippen molar-refractivity contribution in [3.05, 3.63) is 29.8 Å². The molecule has 20 heavy (non-hydrogen) atoms. The molecule has 0 aliphatic carbocycles. The average Bonchev–Trinajstić information content (AvgIpc) is 2.49. The summed E-state index contributed by atoms with van der Waals surface area (Å²) in [5, 5.41) is 0. The van der Waals surface area contributed by atoms with Gasteiger partial charge in [0.15, 0.2) is 0 Å². The van der Waals surface area contributed by atoms with Crippen LogP contribution < -0.4 is 4.90 Å². The Labute approximate surface area is 118 Å². The van der Waals surface area contributed by atoms with E-state index in [2.05, 4.69) is 0 Å². The molecule has 0 bridgehead atoms. The molecule has 6 heteroatoms. The van der Waals surface area contributed by atoms with E-state index in [1.165, 1.54) is 12.0 Å². The number of carbonyl (C=O) groups excluding carboxylic acids is 2. The molecule has 1 rings (SSSR count). The zero-order valence-corrected chi connectivity index (χ0v) is 11.9. The number of anilines is 1. The first kappa shape index (κ1) is 16.1. The van der Waals surface area contributed by atoms with Gasteiger partial charge < -0.3 is 19.1 Å². The van der Waals surface area contributed by atoms with Gasteiger partial charge in [0.05, 0.1) is 31.6 Å². The van der Waals surface area contributed by atoms with Gasteiger partial charge in [-0.3, -0.25) is 4.79 Å². The molecule has 6 nitrogen and oxygen atoms in total. The van der Waals surface area contributed by atoms with E-state index in [1.807, 2.05) is 0 Å². The Kier molecular flexibility index (Phi) is 6.69. The summed E-state index contributed by atoms with van der Waals surface area (Å²) >= 11 is 0. The standard InChI is InChI=1S/C14H19NO5/c1-15(13(16)10-20-9-8-18-2)12-7-5-4-6-11(12)14(17)19-3/h4-7H,8-10H2,1-3H3. The van der Waals surface area contributed by atoms with Crippen LogP contribution in [0.15, 0.2) is 24.3 Å². The number of ether oxygens (including phenoxy) is 3. The monoisotopic (exact) mass is 281 g/mol. The maximum Gasteiger partial charge on any atom is 0.339 e. The highest BCUT2D eigenvalue weighted by atomic mass is 16.5. The third-order valence-corrected chi connectivity index (χ3v) is 2.70. The Hall–Kier alpha value is -1.92. The second-order valence-corrected chi connectivity index (χ2v) is 4.01. The Bertz CT molecular complexity index is 461. The molecule has 0 spiro atoms. The van der Waals surface area contributed by atoms with Crippen molar-refractivity contribution in [1.29, 1.82) is 0 Å². The molecule has 0 saturated heterocycles. The summed E-state index contributed by atoms with van der Waals surface area (Å²) in [5.41, 5.74) is 0.822. The van der Waals surface area contributed by atoms with Crippen LogP contribution in [0.4, 0.5) is 5.69 Å². The summed E-state index contributed by atoms with van der Waals surface area (Å²) in [6.07, 6.45) is 0. The number of hydrogen-bond acceptors (Lipinski definition) is 5. The number of carbonyl (C=O) groups is 2. The molecule has 1 amide bonds. The Morgan fingerprint density at radius 3 is 2.50 bits per heavy atom. The molecule has 0 radical (unpaired) electrons. The summed E-state index contributed by atoms with van der Waals surface area (Å²) in [6, 6.07) is 6.75. The highest BCUT2D eigenvalue weighted by Gasteiger charge is 2.18. The molecule has 110 valence electrons. The van der Waals surface area contributed by atoms with E-state index in [-0.39, 0.29) is 12.5 Å². The van der Waals surface area contributed by atoms with Gasteiger partial charge in [-0.25, -0.2) is 4.79 Å². The summed E-state index contributed by atoms with van der Waals surface area (Å²) < 4.78 is 14.7. The van der Waals surface area contributed by atoms with Gasteiger partial charge in [0.25, 0.3) is 5.91 Å². The minimum atomic E-state index is -0.486. The molecule has 0 aromatic heterocycles. The quantitative estimate of drug-likeness (QED) is 0.553. The van der Waals surface area contributed by atoms with Crippen molar-refractivity contribution in [3.8, 4) is 0 Å². The SMILES string of the molecule is COCCOCC(=O)N(C)c1ccccc1C(=O)OC. The van der Waals surface area contributed by atoms with E-state index in [9.17, 15) is 9.59 Å². The molecule has 0 saturated carbocycles. The van der Waals surface area contributed by atoms with Crippen molar-refractivity contribution in [1.82, 2.24) is 0 Å². The van der Waals surface area contributed by atoms with E-state index >= 15 is 0 Å². The summed E-state index contributed by atoms with van der Waals surface area (Å²) in [6.45, 7) is 0.694. The summed E-state index contributed by atoms with van der Waals surface area (Å²) in [7, 11) is 4.45. The van der Waals surface area contributed by atoms with Crippen molar-refractivity contribution in [3.63, 3.8) is 0 Å². The first-order chi connectivity index (χ1) is 9.61. The minimum Gasteiger partial charge on any atom is -0.465 e. The molecule has 1 aromatic carbocycles. The van der Waals surface area contributed by atoms with Crippen LogP contribution in [0, 0.1) is 0 Å². The van der Waals surface area contributed by atoms with Crippen molar-refractivity contribution >= 4 is 17.6 Å². The predicted octanol–water partition coefficient (Wildman–Crippen LogP) is 1.10. The normalized spacial score (nSPS) is 10.2. The molecule has 1 aromatic rings. The molecule has 0 atom stereocenters. The number of hydrogen-bond donors (Lipinski definition) is 0. The Balaban J connectivity index is 2.73. The predicted molar refractivity (Wildman–Crippen MR) is 73.9 cm³/mol. The van der Waals surface area contributed by atoms with Gasteiger partial charge in [-0.2, -0.15) is 0 Å². The number of para-hydroxylation sites is 1. The van der Waals surface area contributed by atoms with Crippen molar-refractivity contribution in [2.75, 3.05) is 46.0 Å².